The number of nitriles is 1. The first kappa shape index (κ1) is 14.1. The van der Waals surface area contributed by atoms with Crippen LogP contribution in [0.5, 0.6) is 0 Å². The minimum absolute atomic E-state index is 0.171. The average molecular weight is 360 g/mol. The molecule has 104 valence electrons. The molecule has 0 saturated carbocycles. The highest BCUT2D eigenvalue weighted by Gasteiger charge is 2.36. The van der Waals surface area contributed by atoms with Crippen LogP contribution in [0.25, 0.3) is 5.57 Å². The third-order valence-electron chi connectivity index (χ3n) is 3.44. The zero-order chi connectivity index (χ0) is 15.0. The summed E-state index contributed by atoms with van der Waals surface area (Å²) in [7, 11) is -3.70. The van der Waals surface area contributed by atoms with Crippen molar-refractivity contribution < 1.29 is 8.42 Å². The zero-order valence-corrected chi connectivity index (χ0v) is 13.3. The topological polar surface area (TPSA) is 57.9 Å². The first-order chi connectivity index (χ1) is 10.1. The van der Waals surface area contributed by atoms with Crippen LogP contribution in [-0.4, -0.2) is 8.42 Å². The number of benzene rings is 2. The van der Waals surface area contributed by atoms with Crippen molar-refractivity contribution in [2.75, 3.05) is 0 Å². The van der Waals surface area contributed by atoms with Gasteiger partial charge in [0.25, 0.3) is 0 Å². The van der Waals surface area contributed by atoms with Gasteiger partial charge in [-0.1, -0.05) is 58.4 Å². The zero-order valence-electron chi connectivity index (χ0n) is 10.9. The van der Waals surface area contributed by atoms with Crippen molar-refractivity contribution in [1.82, 2.24) is 0 Å². The second-order valence-electron chi connectivity index (χ2n) is 4.65. The Kier molecular flexibility index (Phi) is 3.44. The van der Waals surface area contributed by atoms with Gasteiger partial charge in [-0.15, -0.1) is 0 Å². The van der Waals surface area contributed by atoms with Gasteiger partial charge in [0.1, 0.15) is 6.07 Å². The SMILES string of the molecule is N#CC1=C(c2ccc(CBr)cc2)c2ccccc2S1(=O)=O. The third-order valence-corrected chi connectivity index (χ3v) is 5.86. The number of nitrogens with zero attached hydrogens (tertiary/aromatic N) is 1. The minimum atomic E-state index is -3.70. The summed E-state index contributed by atoms with van der Waals surface area (Å²) in [6.07, 6.45) is 0. The summed E-state index contributed by atoms with van der Waals surface area (Å²) < 4.78 is 24.9. The standard InChI is InChI=1S/C16H10BrNO2S/c17-9-11-5-7-12(8-6-11)16-13-3-1-2-4-14(13)21(19,20)15(16)10-18/h1-8H,9H2. The molecule has 3 rings (SSSR count). The van der Waals surface area contributed by atoms with E-state index in [0.717, 1.165) is 16.5 Å². The molecule has 0 saturated heterocycles. The Balaban J connectivity index is 2.31. The molecule has 0 bridgehead atoms. The second-order valence-corrected chi connectivity index (χ2v) is 7.06. The molecule has 0 aliphatic carbocycles. The normalized spacial score (nSPS) is 15.6. The van der Waals surface area contributed by atoms with Crippen LogP contribution in [0.1, 0.15) is 16.7 Å². The summed E-state index contributed by atoms with van der Waals surface area (Å²) in [4.78, 5) is 0.0383. The maximum Gasteiger partial charge on any atom is 0.217 e. The van der Waals surface area contributed by atoms with Crippen molar-refractivity contribution >= 4 is 31.3 Å². The number of allylic oxidation sites excluding steroid dienone is 1. The van der Waals surface area contributed by atoms with E-state index in [9.17, 15) is 13.7 Å². The Morgan fingerprint density at radius 3 is 2.33 bits per heavy atom. The number of hydrogen-bond donors (Lipinski definition) is 0. The summed E-state index contributed by atoms with van der Waals surface area (Å²) in [5.41, 5.74) is 2.92. The van der Waals surface area contributed by atoms with E-state index in [2.05, 4.69) is 15.9 Å². The van der Waals surface area contributed by atoms with Gasteiger partial charge in [-0.3, -0.25) is 0 Å². The molecule has 3 nitrogen and oxygen atoms in total. The summed E-state index contributed by atoms with van der Waals surface area (Å²) >= 11 is 3.37. The number of sulfone groups is 1. The van der Waals surface area contributed by atoms with Gasteiger partial charge >= 0.3 is 0 Å². The number of fused-ring (bicyclic) bond motifs is 1. The lowest BCUT2D eigenvalue weighted by Gasteiger charge is -2.05. The van der Waals surface area contributed by atoms with Crippen molar-refractivity contribution in [3.05, 3.63) is 70.1 Å². The molecular weight excluding hydrogens is 350 g/mol. The van der Waals surface area contributed by atoms with Gasteiger partial charge in [0.15, 0.2) is 4.91 Å². The molecule has 0 amide bonds. The Morgan fingerprint density at radius 1 is 1.05 bits per heavy atom. The van der Waals surface area contributed by atoms with E-state index in [4.69, 9.17) is 0 Å². The lowest BCUT2D eigenvalue weighted by Crippen LogP contribution is -1.98. The summed E-state index contributed by atoms with van der Waals surface area (Å²) in [6.45, 7) is 0. The molecule has 21 heavy (non-hydrogen) atoms. The van der Waals surface area contributed by atoms with Crippen molar-refractivity contribution in [2.45, 2.75) is 10.2 Å². The molecule has 1 heterocycles. The average Bonchev–Trinajstić information content (AvgIpc) is 2.75. The van der Waals surface area contributed by atoms with Crippen LogP contribution in [-0.2, 0) is 15.2 Å². The van der Waals surface area contributed by atoms with Crippen molar-refractivity contribution in [1.29, 1.82) is 5.26 Å². The maximum atomic E-state index is 12.4. The van der Waals surface area contributed by atoms with Gasteiger partial charge < -0.3 is 0 Å². The highest BCUT2D eigenvalue weighted by molar-refractivity contribution is 9.08. The van der Waals surface area contributed by atoms with E-state index in [1.54, 1.807) is 24.3 Å². The van der Waals surface area contributed by atoms with Crippen LogP contribution in [0.3, 0.4) is 0 Å². The molecule has 2 aromatic rings. The van der Waals surface area contributed by atoms with Gasteiger partial charge in [0, 0.05) is 16.5 Å². The van der Waals surface area contributed by atoms with E-state index >= 15 is 0 Å². The van der Waals surface area contributed by atoms with Crippen LogP contribution in [0.4, 0.5) is 0 Å². The quantitative estimate of drug-likeness (QED) is 0.768. The molecule has 0 aromatic heterocycles. The predicted molar refractivity (Wildman–Crippen MR) is 84.3 cm³/mol. The fraction of sp³-hybridized carbons (Fsp3) is 0.0625. The van der Waals surface area contributed by atoms with E-state index in [-0.39, 0.29) is 9.80 Å². The number of rotatable bonds is 2. The van der Waals surface area contributed by atoms with Crippen LogP contribution in [0.15, 0.2) is 58.3 Å². The Hall–Kier alpha value is -1.90. The number of hydrogen-bond acceptors (Lipinski definition) is 3. The molecule has 0 unspecified atom stereocenters. The van der Waals surface area contributed by atoms with E-state index < -0.39 is 9.84 Å². The minimum Gasteiger partial charge on any atom is -0.218 e. The summed E-state index contributed by atoms with van der Waals surface area (Å²) in [5, 5.41) is 10.0. The molecule has 0 fully saturated rings. The van der Waals surface area contributed by atoms with Crippen molar-refractivity contribution in [2.24, 2.45) is 0 Å². The monoisotopic (exact) mass is 359 g/mol. The van der Waals surface area contributed by atoms with Gasteiger partial charge in [0.2, 0.25) is 9.84 Å². The molecule has 0 atom stereocenters. The van der Waals surface area contributed by atoms with Crippen molar-refractivity contribution in [3.8, 4) is 6.07 Å². The lowest BCUT2D eigenvalue weighted by molar-refractivity contribution is 0.604. The fourth-order valence-corrected chi connectivity index (χ4v) is 4.37. The molecular formula is C16H10BrNO2S. The van der Waals surface area contributed by atoms with Crippen LogP contribution in [0, 0.1) is 11.3 Å². The van der Waals surface area contributed by atoms with Crippen LogP contribution in [0.2, 0.25) is 0 Å². The Morgan fingerprint density at radius 2 is 1.71 bits per heavy atom. The third kappa shape index (κ3) is 2.11. The second kappa shape index (κ2) is 5.14. The maximum absolute atomic E-state index is 12.4. The fourth-order valence-electron chi connectivity index (χ4n) is 2.44. The summed E-state index contributed by atoms with van der Waals surface area (Å²) in [6, 6.07) is 16.1. The first-order valence-electron chi connectivity index (χ1n) is 6.23. The van der Waals surface area contributed by atoms with Gasteiger partial charge in [0.05, 0.1) is 4.90 Å². The molecule has 1 aliphatic rings. The highest BCUT2D eigenvalue weighted by atomic mass is 79.9. The van der Waals surface area contributed by atoms with Crippen LogP contribution < -0.4 is 0 Å². The number of halogens is 1. The molecule has 0 spiro atoms. The largest absolute Gasteiger partial charge is 0.218 e. The predicted octanol–water partition coefficient (Wildman–Crippen LogP) is 3.65. The molecule has 2 aromatic carbocycles. The Bertz CT molecular complexity index is 891. The smallest absolute Gasteiger partial charge is 0.217 e. The molecule has 0 N–H and O–H groups in total. The lowest BCUT2D eigenvalue weighted by atomic mass is 9.97. The Labute approximate surface area is 131 Å². The summed E-state index contributed by atoms with van der Waals surface area (Å²) in [5.74, 6) is 0. The van der Waals surface area contributed by atoms with E-state index in [1.165, 1.54) is 0 Å². The van der Waals surface area contributed by atoms with Crippen LogP contribution >= 0.6 is 15.9 Å². The number of alkyl halides is 1. The van der Waals surface area contributed by atoms with Gasteiger partial charge in [-0.25, -0.2) is 8.42 Å². The first-order valence-corrected chi connectivity index (χ1v) is 8.84. The van der Waals surface area contributed by atoms with Gasteiger partial charge in [-0.2, -0.15) is 5.26 Å². The van der Waals surface area contributed by atoms with E-state index in [0.29, 0.717) is 11.1 Å². The van der Waals surface area contributed by atoms with Gasteiger partial charge in [-0.05, 0) is 17.2 Å². The highest BCUT2D eigenvalue weighted by Crippen LogP contribution is 2.42. The van der Waals surface area contributed by atoms with Crippen molar-refractivity contribution in [3.63, 3.8) is 0 Å². The molecule has 1 aliphatic heterocycles. The van der Waals surface area contributed by atoms with E-state index in [1.807, 2.05) is 30.3 Å². The molecule has 0 radical (unpaired) electrons. The molecule has 5 heteroatoms.